The van der Waals surface area contributed by atoms with Gasteiger partial charge in [-0.1, -0.05) is 14.0 Å². The first kappa shape index (κ1) is 17.6. The Balaban J connectivity index is 0.00000196. The Hall–Kier alpha value is -3.22. The van der Waals surface area contributed by atoms with Crippen LogP contribution in [0, 0.1) is 0 Å². The molecule has 0 aliphatic carbocycles. The van der Waals surface area contributed by atoms with Crippen LogP contribution >= 0.6 is 0 Å². The molecule has 1 amide bonds. The largest absolute Gasteiger partial charge is 0.355 e. The van der Waals surface area contributed by atoms with Gasteiger partial charge in [0, 0.05) is 18.8 Å². The van der Waals surface area contributed by atoms with E-state index < -0.39 is 0 Å². The molecule has 0 atom stereocenters. The number of anilines is 2. The van der Waals surface area contributed by atoms with Crippen LogP contribution in [-0.4, -0.2) is 38.5 Å². The summed E-state index contributed by atoms with van der Waals surface area (Å²) >= 11 is 0. The molecular weight excluding hydrogens is 328 g/mol. The van der Waals surface area contributed by atoms with Gasteiger partial charge in [-0.15, -0.1) is 0 Å². The predicted molar refractivity (Wildman–Crippen MR) is 104 cm³/mol. The fraction of sp³-hybridized carbons (Fsp3) is 0.263. The molecule has 0 spiro atoms. The molecule has 0 saturated carbocycles. The van der Waals surface area contributed by atoms with Crippen molar-refractivity contribution in [2.24, 2.45) is 0 Å². The Labute approximate surface area is 152 Å². The summed E-state index contributed by atoms with van der Waals surface area (Å²) in [5, 5.41) is 2.77. The van der Waals surface area contributed by atoms with E-state index in [1.54, 1.807) is 18.7 Å². The number of amides is 1. The number of nitrogens with zero attached hydrogens (tertiary/aromatic N) is 5. The monoisotopic (exact) mass is 350 g/mol. The summed E-state index contributed by atoms with van der Waals surface area (Å²) in [6.45, 7) is 5.50. The van der Waals surface area contributed by atoms with Crippen LogP contribution in [0.25, 0.3) is 16.9 Å². The molecular formula is C19H22N6O. The van der Waals surface area contributed by atoms with Crippen molar-refractivity contribution >= 4 is 28.4 Å². The lowest BCUT2D eigenvalue weighted by Crippen LogP contribution is -2.19. The molecule has 134 valence electrons. The Bertz CT molecular complexity index is 942. The average Bonchev–Trinajstić information content (AvgIpc) is 3.31. The van der Waals surface area contributed by atoms with Crippen molar-refractivity contribution in [2.45, 2.75) is 20.3 Å². The van der Waals surface area contributed by atoms with Crippen molar-refractivity contribution < 1.29 is 4.79 Å². The number of carbonyl (C=O) groups excluding carboxylic acids is 1. The van der Waals surface area contributed by atoms with E-state index in [9.17, 15) is 4.79 Å². The van der Waals surface area contributed by atoms with Gasteiger partial charge in [0.15, 0.2) is 5.82 Å². The van der Waals surface area contributed by atoms with Crippen LogP contribution < -0.4 is 10.2 Å². The first-order valence-electron chi connectivity index (χ1n) is 8.22. The molecule has 0 unspecified atom stereocenters. The van der Waals surface area contributed by atoms with Gasteiger partial charge in [-0.2, -0.15) is 0 Å². The minimum atomic E-state index is -0.249. The summed E-state index contributed by atoms with van der Waals surface area (Å²) in [6.07, 6.45) is 8.85. The van der Waals surface area contributed by atoms with Crippen LogP contribution in [0.3, 0.4) is 0 Å². The molecule has 3 aromatic rings. The van der Waals surface area contributed by atoms with E-state index in [1.165, 1.54) is 18.9 Å². The Morgan fingerprint density at radius 1 is 1.19 bits per heavy atom. The highest BCUT2D eigenvalue weighted by molar-refractivity contribution is 6.00. The molecule has 1 aromatic carbocycles. The first-order chi connectivity index (χ1) is 12.2. The normalized spacial score (nSPS) is 13.5. The molecule has 7 nitrogen and oxygen atoms in total. The molecule has 4 rings (SSSR count). The maximum absolute atomic E-state index is 11.5. The fourth-order valence-electron chi connectivity index (χ4n) is 3.02. The van der Waals surface area contributed by atoms with Crippen molar-refractivity contribution in [3.8, 4) is 5.82 Å². The minimum Gasteiger partial charge on any atom is -0.355 e. The number of nitrogens with one attached hydrogen (secondary N) is 1. The molecule has 1 fully saturated rings. The number of rotatable bonds is 4. The highest BCUT2D eigenvalue weighted by Gasteiger charge is 2.15. The van der Waals surface area contributed by atoms with Crippen molar-refractivity contribution in [1.82, 2.24) is 19.5 Å². The summed E-state index contributed by atoms with van der Waals surface area (Å²) in [4.78, 5) is 27.3. The van der Waals surface area contributed by atoms with Crippen LogP contribution in [0.2, 0.25) is 0 Å². The SMILES string of the molecule is C.C=CC(=O)Nc1ccc2ncn(-c3cncc(N4CCCC4)n3)c2c1. The molecule has 26 heavy (non-hydrogen) atoms. The number of hydrogen-bond acceptors (Lipinski definition) is 5. The second-order valence-corrected chi connectivity index (χ2v) is 5.94. The van der Waals surface area contributed by atoms with Gasteiger partial charge in [0.1, 0.15) is 12.1 Å². The van der Waals surface area contributed by atoms with Crippen molar-refractivity contribution in [2.75, 3.05) is 23.3 Å². The van der Waals surface area contributed by atoms with Crippen LogP contribution in [0.5, 0.6) is 0 Å². The van der Waals surface area contributed by atoms with E-state index in [1.807, 2.05) is 22.8 Å². The van der Waals surface area contributed by atoms with Gasteiger partial charge in [-0.05, 0) is 37.1 Å². The lowest BCUT2D eigenvalue weighted by atomic mass is 10.2. The highest BCUT2D eigenvalue weighted by Crippen LogP contribution is 2.23. The van der Waals surface area contributed by atoms with Crippen molar-refractivity contribution in [3.63, 3.8) is 0 Å². The van der Waals surface area contributed by atoms with Gasteiger partial charge in [0.2, 0.25) is 5.91 Å². The smallest absolute Gasteiger partial charge is 0.247 e. The average molecular weight is 350 g/mol. The second kappa shape index (κ2) is 7.35. The number of imidazole rings is 1. The van der Waals surface area contributed by atoms with Crippen molar-refractivity contribution in [3.05, 3.63) is 49.6 Å². The Kier molecular flexibility index (Phi) is 4.97. The third-order valence-corrected chi connectivity index (χ3v) is 4.29. The summed E-state index contributed by atoms with van der Waals surface area (Å²) < 4.78 is 1.88. The van der Waals surface area contributed by atoms with Crippen molar-refractivity contribution in [1.29, 1.82) is 0 Å². The summed E-state index contributed by atoms with van der Waals surface area (Å²) in [6, 6.07) is 5.55. The predicted octanol–water partition coefficient (Wildman–Crippen LogP) is 3.18. The molecule has 1 N–H and O–H groups in total. The second-order valence-electron chi connectivity index (χ2n) is 5.94. The standard InChI is InChI=1S/C18H18N6O.CH4/c1-2-18(25)21-13-5-6-14-15(9-13)24(12-20-14)17-11-19-10-16(22-17)23-7-3-4-8-23;/h2,5-6,9-12H,1,3-4,7-8H2,(H,21,25);1H4. The summed E-state index contributed by atoms with van der Waals surface area (Å²) in [5.74, 6) is 1.34. The molecule has 0 bridgehead atoms. The zero-order valence-electron chi connectivity index (χ0n) is 13.7. The number of carbonyl (C=O) groups is 1. The maximum Gasteiger partial charge on any atom is 0.247 e. The highest BCUT2D eigenvalue weighted by atomic mass is 16.1. The molecule has 0 radical (unpaired) electrons. The summed E-state index contributed by atoms with van der Waals surface area (Å²) in [5.41, 5.74) is 2.36. The number of fused-ring (bicyclic) bond motifs is 1. The molecule has 2 aromatic heterocycles. The van der Waals surface area contributed by atoms with Gasteiger partial charge in [0.05, 0.1) is 23.4 Å². The first-order valence-corrected chi connectivity index (χ1v) is 8.22. The van der Waals surface area contributed by atoms with Crippen LogP contribution in [0.15, 0.2) is 49.6 Å². The summed E-state index contributed by atoms with van der Waals surface area (Å²) in [7, 11) is 0. The van der Waals surface area contributed by atoms with Gasteiger partial charge in [-0.25, -0.2) is 9.97 Å². The van der Waals surface area contributed by atoms with Crippen LogP contribution in [0.4, 0.5) is 11.5 Å². The van der Waals surface area contributed by atoms with E-state index in [2.05, 4.69) is 26.8 Å². The Morgan fingerprint density at radius 2 is 1.96 bits per heavy atom. The lowest BCUT2D eigenvalue weighted by Gasteiger charge is -2.16. The van der Waals surface area contributed by atoms with E-state index in [4.69, 9.17) is 4.98 Å². The molecule has 7 heteroatoms. The Morgan fingerprint density at radius 3 is 2.73 bits per heavy atom. The maximum atomic E-state index is 11.5. The molecule has 1 saturated heterocycles. The van der Waals surface area contributed by atoms with E-state index in [0.29, 0.717) is 11.5 Å². The molecule has 1 aliphatic rings. The van der Waals surface area contributed by atoms with E-state index in [0.717, 1.165) is 29.9 Å². The lowest BCUT2D eigenvalue weighted by molar-refractivity contribution is -0.111. The topological polar surface area (TPSA) is 75.9 Å². The minimum absolute atomic E-state index is 0. The molecule has 1 aliphatic heterocycles. The zero-order valence-corrected chi connectivity index (χ0v) is 13.7. The van der Waals surface area contributed by atoms with Gasteiger partial charge < -0.3 is 10.2 Å². The van der Waals surface area contributed by atoms with Gasteiger partial charge in [-0.3, -0.25) is 14.3 Å². The van der Waals surface area contributed by atoms with E-state index in [-0.39, 0.29) is 13.3 Å². The number of aromatic nitrogens is 4. The van der Waals surface area contributed by atoms with Gasteiger partial charge >= 0.3 is 0 Å². The molecule has 3 heterocycles. The fourth-order valence-corrected chi connectivity index (χ4v) is 3.02. The number of hydrogen-bond donors (Lipinski definition) is 1. The van der Waals surface area contributed by atoms with Crippen LogP contribution in [-0.2, 0) is 4.79 Å². The van der Waals surface area contributed by atoms with E-state index >= 15 is 0 Å². The van der Waals surface area contributed by atoms with Crippen LogP contribution in [0.1, 0.15) is 20.3 Å². The third kappa shape index (κ3) is 3.28. The quantitative estimate of drug-likeness (QED) is 0.732. The number of benzene rings is 1. The zero-order chi connectivity index (χ0) is 17.2. The van der Waals surface area contributed by atoms with Gasteiger partial charge in [0.25, 0.3) is 0 Å². The third-order valence-electron chi connectivity index (χ3n) is 4.29.